The van der Waals surface area contributed by atoms with Crippen LogP contribution in [0.25, 0.3) is 0 Å². The van der Waals surface area contributed by atoms with E-state index in [-0.39, 0.29) is 6.61 Å². The monoisotopic (exact) mass is 266 g/mol. The Hall–Kier alpha value is -1.75. The third-order valence-corrected chi connectivity index (χ3v) is 3.24. The minimum Gasteiger partial charge on any atom is -0.486 e. The normalized spacial score (nSPS) is 14.9. The zero-order valence-electron chi connectivity index (χ0n) is 11.4. The van der Waals surface area contributed by atoms with Gasteiger partial charge in [-0.15, -0.1) is 0 Å². The standard InChI is InChI=1S/C14H18O5/c1-4-17-14(16)12(15)10-7-11-13(9(3)8(10)2)19-6-5-18-11/h7,12,15H,4-6H2,1-3H3. The molecule has 1 atom stereocenters. The summed E-state index contributed by atoms with van der Waals surface area (Å²) in [4.78, 5) is 11.6. The lowest BCUT2D eigenvalue weighted by Gasteiger charge is -2.24. The summed E-state index contributed by atoms with van der Waals surface area (Å²) in [5.74, 6) is 0.595. The quantitative estimate of drug-likeness (QED) is 0.843. The molecule has 0 fully saturated rings. The van der Waals surface area contributed by atoms with Crippen molar-refractivity contribution in [2.45, 2.75) is 26.9 Å². The highest BCUT2D eigenvalue weighted by Gasteiger charge is 2.26. The van der Waals surface area contributed by atoms with Gasteiger partial charge in [-0.05, 0) is 43.5 Å². The van der Waals surface area contributed by atoms with Gasteiger partial charge >= 0.3 is 5.97 Å². The average Bonchev–Trinajstić information content (AvgIpc) is 2.42. The van der Waals surface area contributed by atoms with Gasteiger partial charge in [0.2, 0.25) is 0 Å². The third kappa shape index (κ3) is 2.51. The smallest absolute Gasteiger partial charge is 0.339 e. The third-order valence-electron chi connectivity index (χ3n) is 3.24. The Bertz CT molecular complexity index is 495. The molecule has 1 heterocycles. The van der Waals surface area contributed by atoms with E-state index in [1.165, 1.54) is 0 Å². The summed E-state index contributed by atoms with van der Waals surface area (Å²) < 4.78 is 15.9. The van der Waals surface area contributed by atoms with Gasteiger partial charge in [0.15, 0.2) is 17.6 Å². The Kier molecular flexibility index (Phi) is 3.95. The van der Waals surface area contributed by atoms with Crippen molar-refractivity contribution < 1.29 is 24.1 Å². The van der Waals surface area contributed by atoms with Gasteiger partial charge in [0, 0.05) is 0 Å². The van der Waals surface area contributed by atoms with E-state index < -0.39 is 12.1 Å². The van der Waals surface area contributed by atoms with Crippen molar-refractivity contribution in [1.29, 1.82) is 0 Å². The van der Waals surface area contributed by atoms with E-state index >= 15 is 0 Å². The summed E-state index contributed by atoms with van der Waals surface area (Å²) in [6, 6.07) is 1.65. The molecule has 0 aromatic heterocycles. The van der Waals surface area contributed by atoms with E-state index in [9.17, 15) is 9.90 Å². The highest BCUT2D eigenvalue weighted by atomic mass is 16.6. The topological polar surface area (TPSA) is 65.0 Å². The van der Waals surface area contributed by atoms with Gasteiger partial charge in [0.25, 0.3) is 0 Å². The first-order chi connectivity index (χ1) is 9.06. The highest BCUT2D eigenvalue weighted by Crippen LogP contribution is 2.39. The molecule has 0 amide bonds. The van der Waals surface area contributed by atoms with E-state index in [4.69, 9.17) is 14.2 Å². The van der Waals surface area contributed by atoms with Crippen LogP contribution in [0.2, 0.25) is 0 Å². The number of rotatable bonds is 3. The van der Waals surface area contributed by atoms with Gasteiger partial charge in [0.05, 0.1) is 6.61 Å². The van der Waals surface area contributed by atoms with Crippen LogP contribution in [0, 0.1) is 13.8 Å². The lowest BCUT2D eigenvalue weighted by atomic mass is 9.97. The number of aliphatic hydroxyl groups excluding tert-OH is 1. The van der Waals surface area contributed by atoms with Crippen LogP contribution in [0.4, 0.5) is 0 Å². The van der Waals surface area contributed by atoms with Crippen LogP contribution in [-0.2, 0) is 9.53 Å². The molecular weight excluding hydrogens is 248 g/mol. The molecule has 1 unspecified atom stereocenters. The van der Waals surface area contributed by atoms with Crippen molar-refractivity contribution in [3.63, 3.8) is 0 Å². The maximum atomic E-state index is 11.6. The second kappa shape index (κ2) is 5.48. The molecule has 1 N–H and O–H groups in total. The molecule has 1 aliphatic heterocycles. The van der Waals surface area contributed by atoms with E-state index in [0.29, 0.717) is 30.3 Å². The Morgan fingerprint density at radius 1 is 1.37 bits per heavy atom. The van der Waals surface area contributed by atoms with Crippen LogP contribution in [-0.4, -0.2) is 30.9 Å². The fourth-order valence-electron chi connectivity index (χ4n) is 2.10. The highest BCUT2D eigenvalue weighted by molar-refractivity contribution is 5.77. The van der Waals surface area contributed by atoms with E-state index in [2.05, 4.69) is 0 Å². The van der Waals surface area contributed by atoms with Crippen LogP contribution in [0.1, 0.15) is 29.7 Å². The molecule has 0 spiro atoms. The van der Waals surface area contributed by atoms with Gasteiger partial charge in [-0.25, -0.2) is 4.79 Å². The molecule has 5 heteroatoms. The molecule has 2 rings (SSSR count). The summed E-state index contributed by atoms with van der Waals surface area (Å²) >= 11 is 0. The van der Waals surface area contributed by atoms with Gasteiger partial charge in [0.1, 0.15) is 13.2 Å². The van der Waals surface area contributed by atoms with E-state index in [0.717, 1.165) is 11.1 Å². The number of esters is 1. The molecule has 0 saturated carbocycles. The first-order valence-corrected chi connectivity index (χ1v) is 6.30. The van der Waals surface area contributed by atoms with Crippen LogP contribution in [0.5, 0.6) is 11.5 Å². The summed E-state index contributed by atoms with van der Waals surface area (Å²) in [6.45, 7) is 6.62. The van der Waals surface area contributed by atoms with Gasteiger partial charge in [-0.2, -0.15) is 0 Å². The second-order valence-corrected chi connectivity index (χ2v) is 4.39. The predicted octanol–water partition coefficient (Wildman–Crippen LogP) is 1.67. The fourth-order valence-corrected chi connectivity index (χ4v) is 2.10. The number of benzene rings is 1. The van der Waals surface area contributed by atoms with Gasteiger partial charge in [-0.1, -0.05) is 0 Å². The molecule has 104 valence electrons. The van der Waals surface area contributed by atoms with E-state index in [1.807, 2.05) is 13.8 Å². The number of fused-ring (bicyclic) bond motifs is 1. The average molecular weight is 266 g/mol. The van der Waals surface area contributed by atoms with Crippen LogP contribution in [0.15, 0.2) is 6.07 Å². The number of ether oxygens (including phenoxy) is 3. The van der Waals surface area contributed by atoms with Crippen molar-refractivity contribution in [1.82, 2.24) is 0 Å². The van der Waals surface area contributed by atoms with Crippen molar-refractivity contribution in [3.8, 4) is 11.5 Å². The molecule has 0 bridgehead atoms. The molecule has 5 nitrogen and oxygen atoms in total. The number of aliphatic hydroxyl groups is 1. The lowest BCUT2D eigenvalue weighted by molar-refractivity contribution is -0.153. The summed E-state index contributed by atoms with van der Waals surface area (Å²) in [7, 11) is 0. The summed E-state index contributed by atoms with van der Waals surface area (Å²) in [5.41, 5.74) is 2.18. The minimum atomic E-state index is -1.30. The van der Waals surface area contributed by atoms with Crippen LogP contribution < -0.4 is 9.47 Å². The van der Waals surface area contributed by atoms with Crippen molar-refractivity contribution in [2.24, 2.45) is 0 Å². The predicted molar refractivity (Wildman–Crippen MR) is 68.5 cm³/mol. The van der Waals surface area contributed by atoms with Crippen molar-refractivity contribution >= 4 is 5.97 Å². The minimum absolute atomic E-state index is 0.235. The fraction of sp³-hybridized carbons (Fsp3) is 0.500. The zero-order valence-corrected chi connectivity index (χ0v) is 11.4. The number of carbonyl (C=O) groups is 1. The largest absolute Gasteiger partial charge is 0.486 e. The second-order valence-electron chi connectivity index (χ2n) is 4.39. The molecular formula is C14H18O5. The van der Waals surface area contributed by atoms with Crippen molar-refractivity contribution in [3.05, 3.63) is 22.8 Å². The first-order valence-electron chi connectivity index (χ1n) is 6.30. The Morgan fingerprint density at radius 3 is 2.74 bits per heavy atom. The number of hydrogen-bond acceptors (Lipinski definition) is 5. The number of hydrogen-bond donors (Lipinski definition) is 1. The van der Waals surface area contributed by atoms with Crippen LogP contribution >= 0.6 is 0 Å². The van der Waals surface area contributed by atoms with Gasteiger partial charge in [-0.3, -0.25) is 0 Å². The summed E-state index contributed by atoms with van der Waals surface area (Å²) in [5, 5.41) is 10.1. The maximum Gasteiger partial charge on any atom is 0.339 e. The first kappa shape index (κ1) is 13.7. The summed E-state index contributed by atoms with van der Waals surface area (Å²) in [6.07, 6.45) is -1.30. The molecule has 0 aliphatic carbocycles. The molecule has 19 heavy (non-hydrogen) atoms. The Balaban J connectivity index is 2.41. The zero-order chi connectivity index (χ0) is 14.0. The van der Waals surface area contributed by atoms with Gasteiger partial charge < -0.3 is 19.3 Å². The molecule has 1 aromatic rings. The maximum absolute atomic E-state index is 11.6. The van der Waals surface area contributed by atoms with E-state index in [1.54, 1.807) is 13.0 Å². The molecule has 1 aliphatic rings. The lowest BCUT2D eigenvalue weighted by Crippen LogP contribution is -2.20. The molecule has 1 aromatic carbocycles. The Labute approximate surface area is 112 Å². The Morgan fingerprint density at radius 2 is 2.05 bits per heavy atom. The molecule has 0 radical (unpaired) electrons. The van der Waals surface area contributed by atoms with Crippen LogP contribution in [0.3, 0.4) is 0 Å². The number of carbonyl (C=O) groups excluding carboxylic acids is 1. The molecule has 0 saturated heterocycles. The SMILES string of the molecule is CCOC(=O)C(O)c1cc2c(c(C)c1C)OCCO2. The van der Waals surface area contributed by atoms with Crippen molar-refractivity contribution in [2.75, 3.05) is 19.8 Å².